The molecule has 1 amide bonds. The molecule has 1 fully saturated rings. The van der Waals surface area contributed by atoms with Gasteiger partial charge in [-0.3, -0.25) is 4.79 Å². The lowest BCUT2D eigenvalue weighted by atomic mass is 10.0. The number of anilines is 1. The van der Waals surface area contributed by atoms with Crippen molar-refractivity contribution in [2.75, 3.05) is 25.4 Å². The first kappa shape index (κ1) is 13.9. The second-order valence-corrected chi connectivity index (χ2v) is 5.15. The van der Waals surface area contributed by atoms with Crippen LogP contribution in [0.25, 0.3) is 0 Å². The van der Waals surface area contributed by atoms with Gasteiger partial charge in [0.05, 0.1) is 6.42 Å². The highest BCUT2D eigenvalue weighted by atomic mass is 16.1. The standard InChI is InChI=1S/C15H23N3O/c1-2-18-9-7-13(8-10-18)17-15(19)11-12-5-3-4-6-14(12)16/h3-6,13H,2,7-11,16H2,1H3,(H,17,19). The van der Waals surface area contributed by atoms with Crippen LogP contribution in [0.15, 0.2) is 24.3 Å². The quantitative estimate of drug-likeness (QED) is 0.806. The molecule has 104 valence electrons. The number of likely N-dealkylation sites (tertiary alicyclic amines) is 1. The van der Waals surface area contributed by atoms with Gasteiger partial charge in [0.1, 0.15) is 0 Å². The van der Waals surface area contributed by atoms with E-state index in [1.807, 2.05) is 24.3 Å². The number of hydrogen-bond acceptors (Lipinski definition) is 3. The Hall–Kier alpha value is -1.55. The number of rotatable bonds is 4. The highest BCUT2D eigenvalue weighted by molar-refractivity contribution is 5.80. The van der Waals surface area contributed by atoms with Gasteiger partial charge in [-0.15, -0.1) is 0 Å². The lowest BCUT2D eigenvalue weighted by Gasteiger charge is -2.31. The zero-order valence-corrected chi connectivity index (χ0v) is 11.6. The Balaban J connectivity index is 1.81. The smallest absolute Gasteiger partial charge is 0.224 e. The summed E-state index contributed by atoms with van der Waals surface area (Å²) in [5.41, 5.74) is 7.45. The highest BCUT2D eigenvalue weighted by Crippen LogP contribution is 2.13. The minimum Gasteiger partial charge on any atom is -0.398 e. The molecule has 4 heteroatoms. The Morgan fingerprint density at radius 2 is 2.05 bits per heavy atom. The molecule has 1 heterocycles. The Morgan fingerprint density at radius 1 is 1.37 bits per heavy atom. The van der Waals surface area contributed by atoms with Crippen molar-refractivity contribution < 1.29 is 4.79 Å². The van der Waals surface area contributed by atoms with Crippen LogP contribution in [0.4, 0.5) is 5.69 Å². The fourth-order valence-corrected chi connectivity index (χ4v) is 2.54. The van der Waals surface area contributed by atoms with Gasteiger partial charge in [0.15, 0.2) is 0 Å². The van der Waals surface area contributed by atoms with Gasteiger partial charge in [0.2, 0.25) is 5.91 Å². The summed E-state index contributed by atoms with van der Waals surface area (Å²) in [6.07, 6.45) is 2.47. The topological polar surface area (TPSA) is 58.4 Å². The second-order valence-electron chi connectivity index (χ2n) is 5.15. The SMILES string of the molecule is CCN1CCC(NC(=O)Cc2ccccc2N)CC1. The average Bonchev–Trinajstić information content (AvgIpc) is 2.42. The number of nitrogen functional groups attached to an aromatic ring is 1. The maximum Gasteiger partial charge on any atom is 0.224 e. The van der Waals surface area contributed by atoms with Crippen molar-refractivity contribution in [3.05, 3.63) is 29.8 Å². The monoisotopic (exact) mass is 261 g/mol. The van der Waals surface area contributed by atoms with Crippen molar-refractivity contribution in [3.63, 3.8) is 0 Å². The molecule has 0 atom stereocenters. The Kier molecular flexibility index (Phi) is 4.80. The van der Waals surface area contributed by atoms with Gasteiger partial charge in [0, 0.05) is 24.8 Å². The summed E-state index contributed by atoms with van der Waals surface area (Å²) in [5.74, 6) is 0.0767. The van der Waals surface area contributed by atoms with E-state index in [-0.39, 0.29) is 5.91 Å². The number of hydrogen-bond donors (Lipinski definition) is 2. The predicted molar refractivity (Wildman–Crippen MR) is 77.8 cm³/mol. The molecule has 0 aliphatic carbocycles. The van der Waals surface area contributed by atoms with E-state index < -0.39 is 0 Å². The van der Waals surface area contributed by atoms with E-state index in [2.05, 4.69) is 17.1 Å². The summed E-state index contributed by atoms with van der Waals surface area (Å²) < 4.78 is 0. The molecule has 2 rings (SSSR count). The minimum absolute atomic E-state index is 0.0767. The van der Waals surface area contributed by atoms with Gasteiger partial charge < -0.3 is 16.0 Å². The third kappa shape index (κ3) is 3.96. The van der Waals surface area contributed by atoms with Crippen molar-refractivity contribution in [1.29, 1.82) is 0 Å². The number of nitrogens with two attached hydrogens (primary N) is 1. The van der Waals surface area contributed by atoms with Crippen molar-refractivity contribution in [1.82, 2.24) is 10.2 Å². The van der Waals surface area contributed by atoms with Gasteiger partial charge in [-0.1, -0.05) is 25.1 Å². The van der Waals surface area contributed by atoms with Gasteiger partial charge in [-0.25, -0.2) is 0 Å². The molecular weight excluding hydrogens is 238 g/mol. The van der Waals surface area contributed by atoms with Crippen molar-refractivity contribution >= 4 is 11.6 Å². The lowest BCUT2D eigenvalue weighted by Crippen LogP contribution is -2.44. The van der Waals surface area contributed by atoms with Crippen LogP contribution in [-0.4, -0.2) is 36.5 Å². The van der Waals surface area contributed by atoms with E-state index in [0.717, 1.165) is 38.0 Å². The van der Waals surface area contributed by atoms with Crippen LogP contribution < -0.4 is 11.1 Å². The molecule has 0 saturated carbocycles. The van der Waals surface area contributed by atoms with Crippen molar-refractivity contribution in [3.8, 4) is 0 Å². The predicted octanol–water partition coefficient (Wildman–Crippen LogP) is 1.41. The molecule has 0 spiro atoms. The molecule has 19 heavy (non-hydrogen) atoms. The van der Waals surface area contributed by atoms with Gasteiger partial charge in [-0.2, -0.15) is 0 Å². The Morgan fingerprint density at radius 3 is 2.68 bits per heavy atom. The Bertz CT molecular complexity index is 425. The lowest BCUT2D eigenvalue weighted by molar-refractivity contribution is -0.121. The van der Waals surface area contributed by atoms with Crippen molar-refractivity contribution in [2.24, 2.45) is 0 Å². The molecule has 0 radical (unpaired) electrons. The van der Waals surface area contributed by atoms with E-state index in [4.69, 9.17) is 5.73 Å². The summed E-state index contributed by atoms with van der Waals surface area (Å²) in [5, 5.41) is 3.12. The first-order chi connectivity index (χ1) is 9.19. The maximum absolute atomic E-state index is 12.0. The van der Waals surface area contributed by atoms with Crippen LogP contribution in [0.3, 0.4) is 0 Å². The summed E-state index contributed by atoms with van der Waals surface area (Å²) >= 11 is 0. The number of amides is 1. The van der Waals surface area contributed by atoms with Crippen LogP contribution in [0.1, 0.15) is 25.3 Å². The third-order valence-electron chi connectivity index (χ3n) is 3.81. The molecule has 0 aromatic heterocycles. The third-order valence-corrected chi connectivity index (χ3v) is 3.81. The molecule has 3 N–H and O–H groups in total. The maximum atomic E-state index is 12.0. The molecule has 1 aromatic carbocycles. The number of para-hydroxylation sites is 1. The molecule has 1 aliphatic heterocycles. The number of carbonyl (C=O) groups excluding carboxylic acids is 1. The van der Waals surface area contributed by atoms with Crippen LogP contribution >= 0.6 is 0 Å². The first-order valence-corrected chi connectivity index (χ1v) is 7.04. The molecule has 1 aromatic rings. The highest BCUT2D eigenvalue weighted by Gasteiger charge is 2.19. The van der Waals surface area contributed by atoms with E-state index in [1.165, 1.54) is 0 Å². The van der Waals surface area contributed by atoms with Crippen LogP contribution in [0, 0.1) is 0 Å². The summed E-state index contributed by atoms with van der Waals surface area (Å²) in [7, 11) is 0. The van der Waals surface area contributed by atoms with Gasteiger partial charge >= 0.3 is 0 Å². The van der Waals surface area contributed by atoms with Gasteiger partial charge in [-0.05, 0) is 31.0 Å². The van der Waals surface area contributed by atoms with Crippen LogP contribution in [-0.2, 0) is 11.2 Å². The fraction of sp³-hybridized carbons (Fsp3) is 0.533. The number of benzene rings is 1. The van der Waals surface area contributed by atoms with Crippen LogP contribution in [0.5, 0.6) is 0 Å². The number of nitrogens with zero attached hydrogens (tertiary/aromatic N) is 1. The second kappa shape index (κ2) is 6.57. The van der Waals surface area contributed by atoms with E-state index >= 15 is 0 Å². The van der Waals surface area contributed by atoms with Crippen LogP contribution in [0.2, 0.25) is 0 Å². The normalized spacial score (nSPS) is 17.3. The molecule has 0 bridgehead atoms. The molecular formula is C15H23N3O. The zero-order chi connectivity index (χ0) is 13.7. The minimum atomic E-state index is 0.0767. The fourth-order valence-electron chi connectivity index (χ4n) is 2.54. The van der Waals surface area contributed by atoms with Crippen molar-refractivity contribution in [2.45, 2.75) is 32.2 Å². The largest absolute Gasteiger partial charge is 0.398 e. The summed E-state index contributed by atoms with van der Waals surface area (Å²) in [6, 6.07) is 7.87. The van der Waals surface area contributed by atoms with E-state index in [1.54, 1.807) is 0 Å². The Labute approximate surface area is 115 Å². The summed E-state index contributed by atoms with van der Waals surface area (Å²) in [6.45, 7) is 5.43. The van der Waals surface area contributed by atoms with Gasteiger partial charge in [0.25, 0.3) is 0 Å². The molecule has 1 saturated heterocycles. The number of nitrogens with one attached hydrogen (secondary N) is 1. The first-order valence-electron chi connectivity index (χ1n) is 7.04. The number of carbonyl (C=O) groups is 1. The summed E-state index contributed by atoms with van der Waals surface area (Å²) in [4.78, 5) is 14.4. The molecule has 0 unspecified atom stereocenters. The molecule has 4 nitrogen and oxygen atoms in total. The van der Waals surface area contributed by atoms with E-state index in [0.29, 0.717) is 18.2 Å². The zero-order valence-electron chi connectivity index (χ0n) is 11.6. The molecule has 1 aliphatic rings. The van der Waals surface area contributed by atoms with E-state index in [9.17, 15) is 4.79 Å². The average molecular weight is 261 g/mol. The number of piperidine rings is 1.